The Labute approximate surface area is 122 Å². The molecule has 0 spiro atoms. The van der Waals surface area contributed by atoms with Crippen molar-refractivity contribution in [3.8, 4) is 5.75 Å². The molecule has 2 aromatic rings. The summed E-state index contributed by atoms with van der Waals surface area (Å²) in [4.78, 5) is 11.3. The maximum Gasteiger partial charge on any atom is 0.248 e. The molecule has 110 valence electrons. The maximum atomic E-state index is 12.9. The predicted octanol–water partition coefficient (Wildman–Crippen LogP) is 3.11. The average Bonchev–Trinajstić information content (AvgIpc) is 2.47. The van der Waals surface area contributed by atoms with Gasteiger partial charge in [-0.2, -0.15) is 0 Å². The van der Waals surface area contributed by atoms with Crippen LogP contribution >= 0.6 is 0 Å². The number of primary amides is 1. The van der Waals surface area contributed by atoms with Gasteiger partial charge in [0.2, 0.25) is 5.91 Å². The minimum absolute atomic E-state index is 0.0809. The molecule has 0 saturated heterocycles. The fraction of sp³-hybridized carbons (Fsp3) is 0.188. The van der Waals surface area contributed by atoms with Crippen LogP contribution < -0.4 is 15.8 Å². The molecule has 1 atom stereocenters. The van der Waals surface area contributed by atoms with E-state index in [1.54, 1.807) is 37.4 Å². The first-order chi connectivity index (χ1) is 10.0. The number of halogens is 1. The molecule has 0 aromatic heterocycles. The number of amides is 1. The maximum absolute atomic E-state index is 12.9. The van der Waals surface area contributed by atoms with Crippen LogP contribution in [0.25, 0.3) is 0 Å². The Morgan fingerprint density at radius 2 is 1.90 bits per heavy atom. The molecular weight excluding hydrogens is 271 g/mol. The summed E-state index contributed by atoms with van der Waals surface area (Å²) in [5.74, 6) is -0.177. The summed E-state index contributed by atoms with van der Waals surface area (Å²) in [6.07, 6.45) is 0. The third-order valence-corrected chi connectivity index (χ3v) is 3.23. The first-order valence-corrected chi connectivity index (χ1v) is 6.51. The summed E-state index contributed by atoms with van der Waals surface area (Å²) in [6.45, 7) is 1.93. The van der Waals surface area contributed by atoms with Gasteiger partial charge < -0.3 is 15.8 Å². The number of benzene rings is 2. The lowest BCUT2D eigenvalue weighted by Gasteiger charge is -2.18. The van der Waals surface area contributed by atoms with Gasteiger partial charge in [-0.1, -0.05) is 12.1 Å². The number of nitrogens with two attached hydrogens (primary N) is 1. The molecule has 0 fully saturated rings. The van der Waals surface area contributed by atoms with E-state index in [9.17, 15) is 9.18 Å². The molecule has 5 heteroatoms. The normalized spacial score (nSPS) is 11.8. The van der Waals surface area contributed by atoms with Crippen molar-refractivity contribution in [2.24, 2.45) is 5.73 Å². The Kier molecular flexibility index (Phi) is 4.42. The van der Waals surface area contributed by atoms with E-state index >= 15 is 0 Å². The smallest absolute Gasteiger partial charge is 0.248 e. The summed E-state index contributed by atoms with van der Waals surface area (Å²) in [6, 6.07) is 11.1. The summed E-state index contributed by atoms with van der Waals surface area (Å²) in [7, 11) is 1.55. The van der Waals surface area contributed by atoms with Crippen molar-refractivity contribution in [2.75, 3.05) is 12.4 Å². The van der Waals surface area contributed by atoms with Crippen molar-refractivity contribution >= 4 is 11.6 Å². The number of methoxy groups -OCH3 is 1. The van der Waals surface area contributed by atoms with Crippen LogP contribution in [0.3, 0.4) is 0 Å². The first-order valence-electron chi connectivity index (χ1n) is 6.51. The van der Waals surface area contributed by atoms with E-state index in [2.05, 4.69) is 5.32 Å². The first kappa shape index (κ1) is 14.8. The van der Waals surface area contributed by atoms with Gasteiger partial charge in [0.05, 0.1) is 12.8 Å². The lowest BCUT2D eigenvalue weighted by molar-refractivity contribution is 0.100. The number of hydrogen-bond acceptors (Lipinski definition) is 3. The highest BCUT2D eigenvalue weighted by molar-refractivity contribution is 5.94. The minimum Gasteiger partial charge on any atom is -0.495 e. The van der Waals surface area contributed by atoms with E-state index in [0.717, 1.165) is 5.56 Å². The molecule has 0 saturated carbocycles. The van der Waals surface area contributed by atoms with Crippen molar-refractivity contribution in [3.63, 3.8) is 0 Å². The molecule has 21 heavy (non-hydrogen) atoms. The second-order valence-corrected chi connectivity index (χ2v) is 4.70. The lowest BCUT2D eigenvalue weighted by Crippen LogP contribution is -2.13. The third-order valence-electron chi connectivity index (χ3n) is 3.23. The molecule has 0 aliphatic rings. The molecule has 1 unspecified atom stereocenters. The van der Waals surface area contributed by atoms with E-state index in [-0.39, 0.29) is 11.9 Å². The van der Waals surface area contributed by atoms with Gasteiger partial charge in [0, 0.05) is 11.6 Å². The standard InChI is InChI=1S/C16H17FN2O2/c1-10(11-3-6-13(17)7-4-11)19-14-9-12(16(18)20)5-8-15(14)21-2/h3-10,19H,1-2H3,(H2,18,20). The highest BCUT2D eigenvalue weighted by Gasteiger charge is 2.11. The molecule has 4 nitrogen and oxygen atoms in total. The Balaban J connectivity index is 2.26. The highest BCUT2D eigenvalue weighted by Crippen LogP contribution is 2.29. The van der Waals surface area contributed by atoms with Crippen molar-refractivity contribution in [1.82, 2.24) is 0 Å². The molecule has 0 heterocycles. The highest BCUT2D eigenvalue weighted by atomic mass is 19.1. The van der Waals surface area contributed by atoms with Gasteiger partial charge in [-0.25, -0.2) is 4.39 Å². The second kappa shape index (κ2) is 6.26. The van der Waals surface area contributed by atoms with Gasteiger partial charge in [0.15, 0.2) is 0 Å². The number of carbonyl (C=O) groups is 1. The zero-order chi connectivity index (χ0) is 15.4. The fourth-order valence-electron chi connectivity index (χ4n) is 2.04. The van der Waals surface area contributed by atoms with Crippen LogP contribution in [-0.2, 0) is 0 Å². The molecule has 0 radical (unpaired) electrons. The van der Waals surface area contributed by atoms with Crippen LogP contribution in [0, 0.1) is 5.82 Å². The SMILES string of the molecule is COc1ccc(C(N)=O)cc1NC(C)c1ccc(F)cc1. The molecule has 0 aliphatic heterocycles. The molecule has 0 aliphatic carbocycles. The minimum atomic E-state index is -0.505. The zero-order valence-electron chi connectivity index (χ0n) is 11.9. The van der Waals surface area contributed by atoms with Gasteiger partial charge in [-0.05, 0) is 42.8 Å². The number of anilines is 1. The average molecular weight is 288 g/mol. The summed E-state index contributed by atoms with van der Waals surface area (Å²) in [5, 5.41) is 3.24. The van der Waals surface area contributed by atoms with Crippen LogP contribution in [0.4, 0.5) is 10.1 Å². The van der Waals surface area contributed by atoms with Crippen LogP contribution in [0.1, 0.15) is 28.9 Å². The van der Waals surface area contributed by atoms with Crippen LogP contribution in [0.5, 0.6) is 5.75 Å². The van der Waals surface area contributed by atoms with Crippen molar-refractivity contribution < 1.29 is 13.9 Å². The summed E-state index contributed by atoms with van der Waals surface area (Å²) < 4.78 is 18.2. The van der Waals surface area contributed by atoms with Gasteiger partial charge in [0.1, 0.15) is 11.6 Å². The van der Waals surface area contributed by atoms with Crippen LogP contribution in [0.15, 0.2) is 42.5 Å². The molecule has 1 amide bonds. The largest absolute Gasteiger partial charge is 0.495 e. The quantitative estimate of drug-likeness (QED) is 0.888. The van der Waals surface area contributed by atoms with E-state index in [1.807, 2.05) is 6.92 Å². The van der Waals surface area contributed by atoms with Crippen molar-refractivity contribution in [3.05, 3.63) is 59.4 Å². The third kappa shape index (κ3) is 3.51. The Bertz CT molecular complexity index is 641. The monoisotopic (exact) mass is 288 g/mol. The number of rotatable bonds is 5. The van der Waals surface area contributed by atoms with Crippen molar-refractivity contribution in [1.29, 1.82) is 0 Å². The molecule has 3 N–H and O–H groups in total. The Morgan fingerprint density at radius 1 is 1.24 bits per heavy atom. The zero-order valence-corrected chi connectivity index (χ0v) is 11.9. The number of ether oxygens (including phenoxy) is 1. The summed E-state index contributed by atoms with van der Waals surface area (Å²) >= 11 is 0. The predicted molar refractivity (Wildman–Crippen MR) is 79.9 cm³/mol. The fourth-order valence-corrected chi connectivity index (χ4v) is 2.04. The van der Waals surface area contributed by atoms with Crippen molar-refractivity contribution in [2.45, 2.75) is 13.0 Å². The van der Waals surface area contributed by atoms with E-state index in [4.69, 9.17) is 10.5 Å². The van der Waals surface area contributed by atoms with Gasteiger partial charge in [-0.15, -0.1) is 0 Å². The van der Waals surface area contributed by atoms with E-state index in [1.165, 1.54) is 12.1 Å². The molecular formula is C16H17FN2O2. The second-order valence-electron chi connectivity index (χ2n) is 4.70. The molecule has 2 rings (SSSR count). The van der Waals surface area contributed by atoms with Gasteiger partial charge in [-0.3, -0.25) is 4.79 Å². The molecule has 2 aromatic carbocycles. The Hall–Kier alpha value is -2.56. The number of hydrogen-bond donors (Lipinski definition) is 2. The van der Waals surface area contributed by atoms with E-state index in [0.29, 0.717) is 17.0 Å². The van der Waals surface area contributed by atoms with Gasteiger partial charge in [0.25, 0.3) is 0 Å². The van der Waals surface area contributed by atoms with Crippen LogP contribution in [0.2, 0.25) is 0 Å². The number of nitrogens with one attached hydrogen (secondary N) is 1. The topological polar surface area (TPSA) is 64.3 Å². The van der Waals surface area contributed by atoms with Crippen LogP contribution in [-0.4, -0.2) is 13.0 Å². The lowest BCUT2D eigenvalue weighted by atomic mass is 10.1. The van der Waals surface area contributed by atoms with E-state index < -0.39 is 5.91 Å². The summed E-state index contributed by atoms with van der Waals surface area (Å²) in [5.41, 5.74) is 7.25. The number of carbonyl (C=O) groups excluding carboxylic acids is 1. The molecule has 0 bridgehead atoms. The van der Waals surface area contributed by atoms with Gasteiger partial charge >= 0.3 is 0 Å². The Morgan fingerprint density at radius 3 is 2.48 bits per heavy atom.